The monoisotopic (exact) mass is 443 g/mol. The van der Waals surface area contributed by atoms with E-state index >= 15 is 0 Å². The van der Waals surface area contributed by atoms with Crippen LogP contribution >= 0.6 is 11.6 Å². The molecule has 0 bridgehead atoms. The van der Waals surface area contributed by atoms with E-state index in [0.29, 0.717) is 29.1 Å². The summed E-state index contributed by atoms with van der Waals surface area (Å²) in [6, 6.07) is 4.10. The molecular weight excluding hydrogens is 425 g/mol. The number of likely N-dealkylation sites (tertiary alicyclic amines) is 1. The number of carbonyl (C=O) groups excluding carboxylic acids is 2. The minimum absolute atomic E-state index is 0.00143. The molecule has 1 saturated heterocycles. The first-order valence-electron chi connectivity index (χ1n) is 9.87. The van der Waals surface area contributed by atoms with Crippen LogP contribution in [0.3, 0.4) is 0 Å². The minimum Gasteiger partial charge on any atom is -0.382 e. The first kappa shape index (κ1) is 19.7. The number of amides is 2. The predicted octanol–water partition coefficient (Wildman–Crippen LogP) is 1.51. The second kappa shape index (κ2) is 7.45. The number of piperidine rings is 1. The van der Waals surface area contributed by atoms with E-state index in [0.717, 1.165) is 6.42 Å². The lowest BCUT2D eigenvalue weighted by atomic mass is 10.1. The van der Waals surface area contributed by atoms with Gasteiger partial charge in [-0.25, -0.2) is 19.3 Å². The third kappa shape index (κ3) is 3.46. The molecule has 2 aromatic heterocycles. The van der Waals surface area contributed by atoms with Crippen LogP contribution in [0.25, 0.3) is 11.2 Å². The van der Waals surface area contributed by atoms with Crippen LogP contribution in [0.1, 0.15) is 18.4 Å². The molecule has 160 valence electrons. The number of nitrogen functional groups attached to an aromatic ring is 1. The van der Waals surface area contributed by atoms with E-state index in [1.54, 1.807) is 21.6 Å². The number of anilines is 1. The summed E-state index contributed by atoms with van der Waals surface area (Å²) in [6.45, 7) is -0.00960. The van der Waals surface area contributed by atoms with Crippen LogP contribution in [0.15, 0.2) is 30.9 Å². The Kier molecular flexibility index (Phi) is 4.73. The number of aromatic nitrogens is 4. The van der Waals surface area contributed by atoms with Crippen LogP contribution in [0.5, 0.6) is 0 Å². The number of hydrogen-bond donors (Lipinski definition) is 2. The van der Waals surface area contributed by atoms with E-state index in [4.69, 9.17) is 17.3 Å². The summed E-state index contributed by atoms with van der Waals surface area (Å²) in [5.74, 6) is -0.497. The zero-order valence-electron chi connectivity index (χ0n) is 16.3. The highest BCUT2D eigenvalue weighted by molar-refractivity contribution is 6.30. The average molecular weight is 444 g/mol. The standard InChI is InChI=1S/C20H19ClFN7O2/c21-12-3-1-2-10(16(12)22)6-24-20(31)14-5-11-4-13(11)29(14)15(30)7-28-9-27-17-18(23)25-8-26-19(17)28/h1-3,8-9,11,13-14H,4-7H2,(H,24,31)(H2,23,25,26)/t11?,13-,14?/m0/s1. The molecule has 0 radical (unpaired) electrons. The second-order valence-electron chi connectivity index (χ2n) is 7.85. The SMILES string of the molecule is Nc1ncnc2c1ncn2CC(=O)N1C(C(=O)NCc2cccc(Cl)c2F)CC2C[C@@H]21. The van der Waals surface area contributed by atoms with Gasteiger partial charge in [0.05, 0.1) is 11.3 Å². The topological polar surface area (TPSA) is 119 Å². The number of imidazole rings is 1. The highest BCUT2D eigenvalue weighted by Gasteiger charge is 2.55. The maximum Gasteiger partial charge on any atom is 0.243 e. The summed E-state index contributed by atoms with van der Waals surface area (Å²) in [4.78, 5) is 39.8. The predicted molar refractivity (Wildman–Crippen MR) is 110 cm³/mol. The molecule has 9 nitrogen and oxygen atoms in total. The van der Waals surface area contributed by atoms with Crippen LogP contribution < -0.4 is 11.1 Å². The number of carbonyl (C=O) groups is 2. The van der Waals surface area contributed by atoms with Crippen LogP contribution in [0, 0.1) is 11.7 Å². The highest BCUT2D eigenvalue weighted by Crippen LogP contribution is 2.48. The first-order chi connectivity index (χ1) is 14.9. The van der Waals surface area contributed by atoms with Crippen molar-refractivity contribution < 1.29 is 14.0 Å². The Bertz CT molecular complexity index is 1200. The van der Waals surface area contributed by atoms with Crippen molar-refractivity contribution in [2.45, 2.75) is 38.0 Å². The maximum absolute atomic E-state index is 14.1. The molecule has 1 saturated carbocycles. The van der Waals surface area contributed by atoms with Gasteiger partial charge in [-0.2, -0.15) is 0 Å². The Labute approximate surface area is 181 Å². The van der Waals surface area contributed by atoms with Crippen molar-refractivity contribution in [1.82, 2.24) is 29.7 Å². The molecule has 3 N–H and O–H groups in total. The van der Waals surface area contributed by atoms with E-state index in [1.807, 2.05) is 0 Å². The molecule has 1 aliphatic carbocycles. The molecule has 1 aromatic carbocycles. The summed E-state index contributed by atoms with van der Waals surface area (Å²) < 4.78 is 15.7. The summed E-state index contributed by atoms with van der Waals surface area (Å²) >= 11 is 5.80. The zero-order valence-corrected chi connectivity index (χ0v) is 17.1. The van der Waals surface area contributed by atoms with Gasteiger partial charge in [-0.3, -0.25) is 9.59 Å². The fourth-order valence-corrected chi connectivity index (χ4v) is 4.47. The second-order valence-corrected chi connectivity index (χ2v) is 8.26. The highest BCUT2D eigenvalue weighted by atomic mass is 35.5. The Morgan fingerprint density at radius 1 is 1.26 bits per heavy atom. The molecule has 11 heteroatoms. The summed E-state index contributed by atoms with van der Waals surface area (Å²) in [5.41, 5.74) is 6.99. The number of nitrogens with two attached hydrogens (primary N) is 1. The van der Waals surface area contributed by atoms with E-state index in [9.17, 15) is 14.0 Å². The van der Waals surface area contributed by atoms with Crippen molar-refractivity contribution in [2.24, 2.45) is 5.92 Å². The summed E-state index contributed by atoms with van der Waals surface area (Å²) in [5, 5.41) is 2.75. The average Bonchev–Trinajstić information content (AvgIpc) is 3.21. The number of benzene rings is 1. The van der Waals surface area contributed by atoms with Gasteiger partial charge in [-0.1, -0.05) is 23.7 Å². The lowest BCUT2D eigenvalue weighted by molar-refractivity contribution is -0.140. The number of hydrogen-bond acceptors (Lipinski definition) is 6. The van der Waals surface area contributed by atoms with Gasteiger partial charge in [0, 0.05) is 18.2 Å². The molecule has 3 atom stereocenters. The van der Waals surface area contributed by atoms with Gasteiger partial charge in [0.25, 0.3) is 0 Å². The van der Waals surface area contributed by atoms with Gasteiger partial charge >= 0.3 is 0 Å². The normalized spacial score (nSPS) is 21.9. The van der Waals surface area contributed by atoms with Crippen LogP contribution in [-0.4, -0.2) is 48.3 Å². The lowest BCUT2D eigenvalue weighted by Gasteiger charge is -2.27. The molecule has 2 fully saturated rings. The maximum atomic E-state index is 14.1. The minimum atomic E-state index is -0.590. The van der Waals surface area contributed by atoms with E-state index in [-0.39, 0.29) is 41.8 Å². The Balaban J connectivity index is 1.30. The van der Waals surface area contributed by atoms with Crippen molar-refractivity contribution in [2.75, 3.05) is 5.73 Å². The molecule has 2 unspecified atom stereocenters. The number of fused-ring (bicyclic) bond motifs is 2. The van der Waals surface area contributed by atoms with Gasteiger partial charge in [0.15, 0.2) is 11.5 Å². The molecule has 31 heavy (non-hydrogen) atoms. The lowest BCUT2D eigenvalue weighted by Crippen LogP contribution is -2.48. The van der Waals surface area contributed by atoms with E-state index in [1.165, 1.54) is 18.7 Å². The van der Waals surface area contributed by atoms with Crippen LogP contribution in [-0.2, 0) is 22.7 Å². The fraction of sp³-hybridized carbons (Fsp3) is 0.350. The van der Waals surface area contributed by atoms with Crippen molar-refractivity contribution >= 4 is 40.4 Å². The largest absolute Gasteiger partial charge is 0.382 e. The van der Waals surface area contributed by atoms with E-state index in [2.05, 4.69) is 20.3 Å². The Hall–Kier alpha value is -3.27. The molecule has 0 spiro atoms. The molecular formula is C20H19ClFN7O2. The summed E-state index contributed by atoms with van der Waals surface area (Å²) in [6.07, 6.45) is 4.29. The van der Waals surface area contributed by atoms with Gasteiger partial charge in [0.2, 0.25) is 11.8 Å². The van der Waals surface area contributed by atoms with Gasteiger partial charge in [0.1, 0.15) is 30.2 Å². The first-order valence-corrected chi connectivity index (χ1v) is 10.2. The van der Waals surface area contributed by atoms with Crippen molar-refractivity contribution in [3.8, 4) is 0 Å². The quantitative estimate of drug-likeness (QED) is 0.617. The van der Waals surface area contributed by atoms with Crippen molar-refractivity contribution in [1.29, 1.82) is 0 Å². The van der Waals surface area contributed by atoms with Crippen molar-refractivity contribution in [3.63, 3.8) is 0 Å². The number of halogens is 2. The molecule has 1 aliphatic heterocycles. The fourth-order valence-electron chi connectivity index (χ4n) is 4.28. The van der Waals surface area contributed by atoms with E-state index < -0.39 is 11.9 Å². The molecule has 5 rings (SSSR count). The number of nitrogens with one attached hydrogen (secondary N) is 1. The third-order valence-electron chi connectivity index (χ3n) is 5.91. The third-order valence-corrected chi connectivity index (χ3v) is 6.21. The van der Waals surface area contributed by atoms with Gasteiger partial charge in [-0.15, -0.1) is 0 Å². The number of rotatable bonds is 5. The smallest absolute Gasteiger partial charge is 0.243 e. The molecule has 3 aromatic rings. The molecule has 2 amide bonds. The number of nitrogens with zero attached hydrogens (tertiary/aromatic N) is 5. The van der Waals surface area contributed by atoms with Crippen LogP contribution in [0.4, 0.5) is 10.2 Å². The Morgan fingerprint density at radius 2 is 2.10 bits per heavy atom. The Morgan fingerprint density at radius 3 is 2.94 bits per heavy atom. The molecule has 2 aliphatic rings. The van der Waals surface area contributed by atoms with Gasteiger partial charge in [-0.05, 0) is 24.8 Å². The van der Waals surface area contributed by atoms with Crippen LogP contribution in [0.2, 0.25) is 5.02 Å². The van der Waals surface area contributed by atoms with Crippen molar-refractivity contribution in [3.05, 3.63) is 47.3 Å². The molecule has 3 heterocycles. The zero-order chi connectivity index (χ0) is 21.7. The van der Waals surface area contributed by atoms with Gasteiger partial charge < -0.3 is 20.5 Å². The summed E-state index contributed by atoms with van der Waals surface area (Å²) in [7, 11) is 0.